The third-order valence-corrected chi connectivity index (χ3v) is 3.62. The van der Waals surface area contributed by atoms with Crippen LogP contribution in [0.4, 0.5) is 4.39 Å². The van der Waals surface area contributed by atoms with Gasteiger partial charge in [0.1, 0.15) is 11.6 Å². The van der Waals surface area contributed by atoms with Crippen molar-refractivity contribution < 1.29 is 9.50 Å². The first kappa shape index (κ1) is 14.3. The molecule has 2 N–H and O–H groups in total. The van der Waals surface area contributed by atoms with Crippen molar-refractivity contribution in [1.29, 1.82) is 0 Å². The van der Waals surface area contributed by atoms with Gasteiger partial charge in [0.2, 0.25) is 0 Å². The maximum absolute atomic E-state index is 13.2. The molecule has 0 spiro atoms. The van der Waals surface area contributed by atoms with Gasteiger partial charge in [-0.15, -0.1) is 0 Å². The van der Waals surface area contributed by atoms with Gasteiger partial charge in [-0.1, -0.05) is 6.92 Å². The molecule has 1 aliphatic rings. The van der Waals surface area contributed by atoms with E-state index in [2.05, 4.69) is 17.1 Å². The van der Waals surface area contributed by atoms with E-state index in [0.29, 0.717) is 18.2 Å². The molecule has 1 unspecified atom stereocenters. The van der Waals surface area contributed by atoms with Crippen molar-refractivity contribution in [3.63, 3.8) is 0 Å². The lowest BCUT2D eigenvalue weighted by atomic mass is 10.1. The highest BCUT2D eigenvalue weighted by Gasteiger charge is 2.18. The van der Waals surface area contributed by atoms with Crippen molar-refractivity contribution in [2.24, 2.45) is 0 Å². The summed E-state index contributed by atoms with van der Waals surface area (Å²) in [6.07, 6.45) is 3.49. The Labute approximate surface area is 114 Å². The summed E-state index contributed by atoms with van der Waals surface area (Å²) in [6.45, 7) is 5.77. The molecule has 0 aromatic heterocycles. The number of phenolic OH excluding ortho intramolecular Hbond substituents is 1. The molecule has 0 amide bonds. The zero-order valence-corrected chi connectivity index (χ0v) is 11.5. The first-order valence-corrected chi connectivity index (χ1v) is 7.12. The highest BCUT2D eigenvalue weighted by molar-refractivity contribution is 5.32. The number of phenols is 1. The smallest absolute Gasteiger partial charge is 0.123 e. The van der Waals surface area contributed by atoms with E-state index in [9.17, 15) is 9.50 Å². The third-order valence-electron chi connectivity index (χ3n) is 3.62. The van der Waals surface area contributed by atoms with E-state index in [-0.39, 0.29) is 11.6 Å². The van der Waals surface area contributed by atoms with Crippen LogP contribution in [-0.4, -0.2) is 35.7 Å². The van der Waals surface area contributed by atoms with Gasteiger partial charge in [-0.2, -0.15) is 0 Å². The number of nitrogens with zero attached hydrogens (tertiary/aromatic N) is 1. The molecule has 106 valence electrons. The average Bonchev–Trinajstić information content (AvgIpc) is 2.87. The van der Waals surface area contributed by atoms with Gasteiger partial charge in [0.05, 0.1) is 0 Å². The van der Waals surface area contributed by atoms with E-state index in [1.807, 2.05) is 0 Å². The van der Waals surface area contributed by atoms with E-state index in [1.54, 1.807) is 0 Å². The summed E-state index contributed by atoms with van der Waals surface area (Å²) in [5, 5.41) is 13.3. The largest absolute Gasteiger partial charge is 0.508 e. The first-order chi connectivity index (χ1) is 9.19. The molecule has 0 bridgehead atoms. The lowest BCUT2D eigenvalue weighted by molar-refractivity contribution is 0.238. The highest BCUT2D eigenvalue weighted by atomic mass is 19.1. The third kappa shape index (κ3) is 4.18. The molecule has 0 saturated carbocycles. The Morgan fingerprint density at radius 3 is 3.00 bits per heavy atom. The summed E-state index contributed by atoms with van der Waals surface area (Å²) < 4.78 is 13.2. The van der Waals surface area contributed by atoms with Gasteiger partial charge in [0.25, 0.3) is 0 Å². The van der Waals surface area contributed by atoms with Crippen molar-refractivity contribution in [3.8, 4) is 5.75 Å². The van der Waals surface area contributed by atoms with E-state index >= 15 is 0 Å². The minimum Gasteiger partial charge on any atom is -0.508 e. The lowest BCUT2D eigenvalue weighted by Gasteiger charge is -2.25. The van der Waals surface area contributed by atoms with Gasteiger partial charge in [0, 0.05) is 24.7 Å². The van der Waals surface area contributed by atoms with Crippen molar-refractivity contribution >= 4 is 0 Å². The van der Waals surface area contributed by atoms with Gasteiger partial charge in [-0.05, 0) is 50.6 Å². The molecular formula is C15H23FN2O. The normalized spacial score (nSPS) is 19.2. The van der Waals surface area contributed by atoms with E-state index in [1.165, 1.54) is 31.0 Å². The highest BCUT2D eigenvalue weighted by Crippen LogP contribution is 2.20. The van der Waals surface area contributed by atoms with Crippen LogP contribution in [0.5, 0.6) is 5.75 Å². The van der Waals surface area contributed by atoms with Crippen LogP contribution >= 0.6 is 0 Å². The number of hydrogen-bond donors (Lipinski definition) is 2. The molecule has 4 heteroatoms. The van der Waals surface area contributed by atoms with Crippen LogP contribution in [-0.2, 0) is 6.54 Å². The Kier molecular flexibility index (Phi) is 5.16. The molecule has 1 saturated heterocycles. The summed E-state index contributed by atoms with van der Waals surface area (Å²) in [6, 6.07) is 4.69. The molecule has 1 atom stereocenters. The maximum atomic E-state index is 13.2. The second kappa shape index (κ2) is 6.87. The number of aromatic hydroxyl groups is 1. The minimum atomic E-state index is -0.289. The fourth-order valence-electron chi connectivity index (χ4n) is 2.70. The van der Waals surface area contributed by atoms with Crippen LogP contribution in [0, 0.1) is 5.82 Å². The molecule has 3 nitrogen and oxygen atoms in total. The number of halogens is 1. The number of rotatable bonds is 6. The van der Waals surface area contributed by atoms with Crippen molar-refractivity contribution in [3.05, 3.63) is 29.6 Å². The van der Waals surface area contributed by atoms with Crippen LogP contribution in [0.3, 0.4) is 0 Å². The van der Waals surface area contributed by atoms with Crippen LogP contribution in [0.2, 0.25) is 0 Å². The van der Waals surface area contributed by atoms with Crippen molar-refractivity contribution in [2.75, 3.05) is 19.6 Å². The average molecular weight is 266 g/mol. The quantitative estimate of drug-likeness (QED) is 0.830. The molecule has 2 rings (SSSR count). The Balaban J connectivity index is 2.00. The second-order valence-corrected chi connectivity index (χ2v) is 5.30. The van der Waals surface area contributed by atoms with Crippen LogP contribution in [0.25, 0.3) is 0 Å². The molecule has 1 aromatic carbocycles. The van der Waals surface area contributed by atoms with Crippen molar-refractivity contribution in [2.45, 2.75) is 38.8 Å². The van der Waals surface area contributed by atoms with Gasteiger partial charge in [-0.3, -0.25) is 4.90 Å². The summed E-state index contributed by atoms with van der Waals surface area (Å²) in [7, 11) is 0. The Hall–Kier alpha value is -1.13. The lowest BCUT2D eigenvalue weighted by Crippen LogP contribution is -2.37. The Morgan fingerprint density at radius 1 is 1.47 bits per heavy atom. The van der Waals surface area contributed by atoms with Crippen LogP contribution in [0.1, 0.15) is 31.7 Å². The number of benzene rings is 1. The minimum absolute atomic E-state index is 0.182. The van der Waals surface area contributed by atoms with Gasteiger partial charge in [0.15, 0.2) is 0 Å². The topological polar surface area (TPSA) is 35.5 Å². The molecule has 1 heterocycles. The second-order valence-electron chi connectivity index (χ2n) is 5.30. The summed E-state index contributed by atoms with van der Waals surface area (Å²) in [5.41, 5.74) is 0.673. The molecule has 1 aliphatic heterocycles. The zero-order valence-electron chi connectivity index (χ0n) is 11.5. The van der Waals surface area contributed by atoms with E-state index < -0.39 is 0 Å². The van der Waals surface area contributed by atoms with Crippen LogP contribution < -0.4 is 5.32 Å². The first-order valence-electron chi connectivity index (χ1n) is 7.12. The number of nitrogens with one attached hydrogen (secondary N) is 1. The SMILES string of the molecule is CCCN(Cc1cc(F)ccc1O)CC1CCCN1. The number of hydrogen-bond acceptors (Lipinski definition) is 3. The zero-order chi connectivity index (χ0) is 13.7. The van der Waals surface area contributed by atoms with E-state index in [0.717, 1.165) is 26.1 Å². The molecule has 19 heavy (non-hydrogen) atoms. The molecule has 0 radical (unpaired) electrons. The maximum Gasteiger partial charge on any atom is 0.123 e. The molecular weight excluding hydrogens is 243 g/mol. The van der Waals surface area contributed by atoms with Crippen LogP contribution in [0.15, 0.2) is 18.2 Å². The van der Waals surface area contributed by atoms with Gasteiger partial charge in [-0.25, -0.2) is 4.39 Å². The predicted molar refractivity (Wildman–Crippen MR) is 74.7 cm³/mol. The van der Waals surface area contributed by atoms with Crippen molar-refractivity contribution in [1.82, 2.24) is 10.2 Å². The standard InChI is InChI=1S/C15H23FN2O/c1-2-8-18(11-14-4-3-7-17-14)10-12-9-13(16)5-6-15(12)19/h5-6,9,14,17,19H,2-4,7-8,10-11H2,1H3. The monoisotopic (exact) mass is 266 g/mol. The Bertz CT molecular complexity index is 405. The molecule has 0 aliphatic carbocycles. The fourth-order valence-corrected chi connectivity index (χ4v) is 2.70. The predicted octanol–water partition coefficient (Wildman–Crippen LogP) is 2.50. The van der Waals surface area contributed by atoms with E-state index in [4.69, 9.17) is 0 Å². The fraction of sp³-hybridized carbons (Fsp3) is 0.600. The molecule has 1 fully saturated rings. The van der Waals surface area contributed by atoms with Gasteiger partial charge < -0.3 is 10.4 Å². The van der Waals surface area contributed by atoms with Gasteiger partial charge >= 0.3 is 0 Å². The summed E-state index contributed by atoms with van der Waals surface area (Å²) in [5.74, 6) is -0.106. The summed E-state index contributed by atoms with van der Waals surface area (Å²) >= 11 is 0. The summed E-state index contributed by atoms with van der Waals surface area (Å²) in [4.78, 5) is 2.29. The molecule has 1 aromatic rings. The Morgan fingerprint density at radius 2 is 2.32 bits per heavy atom.